The van der Waals surface area contributed by atoms with Crippen LogP contribution in [-0.2, 0) is 14.3 Å². The maximum absolute atomic E-state index is 12.2. The number of nitrogen functional groups attached to an aromatic ring is 1. The van der Waals surface area contributed by atoms with Crippen LogP contribution in [0.4, 0.5) is 17.2 Å². The number of hydrogen-bond acceptors (Lipinski definition) is 15. The molecule has 3 aromatic heterocycles. The number of phenols is 1. The number of carbonyl (C=O) groups excluding carboxylic acids is 1. The van der Waals surface area contributed by atoms with Gasteiger partial charge in [-0.25, -0.2) is 4.98 Å². The molecule has 5 aliphatic rings. The summed E-state index contributed by atoms with van der Waals surface area (Å²) in [4.78, 5) is 24.2. The number of para-hydroxylation sites is 1. The molecule has 2 saturated carbocycles. The Kier molecular flexibility index (Phi) is 10.7. The number of phenolic OH excluding ortho intramolecular Hbond substituents is 1. The first kappa shape index (κ1) is 38.4. The van der Waals surface area contributed by atoms with E-state index in [1.807, 2.05) is 38.2 Å². The number of anilines is 3. The summed E-state index contributed by atoms with van der Waals surface area (Å²) in [5.41, 5.74) is 9.60. The number of carbonyl (C=O) groups is 1. The number of aromatic nitrogens is 4. The first-order valence-electron chi connectivity index (χ1n) is 20.9. The molecule has 3 N–H and O–H groups in total. The normalized spacial score (nSPS) is 26.6. The molecule has 4 aromatic rings. The fraction of sp³-hybridized carbons (Fsp3) is 0.558. The minimum Gasteiger partial charge on any atom is -0.507 e. The lowest BCUT2D eigenvalue weighted by molar-refractivity contribution is -0.144. The quantitative estimate of drug-likeness (QED) is 0.160. The number of nitrogens with zero attached hydrogens (tertiary/aromatic N) is 7. The van der Waals surface area contributed by atoms with E-state index < -0.39 is 5.92 Å². The van der Waals surface area contributed by atoms with Crippen LogP contribution in [-0.4, -0.2) is 112 Å². The molecule has 3 unspecified atom stereocenters. The highest BCUT2D eigenvalue weighted by atomic mass is 16.6. The third kappa shape index (κ3) is 7.85. The molecule has 9 rings (SSSR count). The third-order valence-electron chi connectivity index (χ3n) is 12.8. The van der Waals surface area contributed by atoms with E-state index in [4.69, 9.17) is 29.2 Å². The molecule has 1 aromatic carbocycles. The topological polar surface area (TPSA) is 175 Å². The molecule has 0 spiro atoms. The molecule has 6 heterocycles. The Balaban J connectivity index is 0.706. The SMILES string of the molecule is COC(=O)C(c1cc(OC2CC(N3CCC(OC4CC(Oc5cc(N6C7CCC6CN(c6cc(-c8ccccc8O)nnc6N)C7)ccn5)C4)CC3)C2)no1)C(C)C. The third-order valence-corrected chi connectivity index (χ3v) is 12.8. The van der Waals surface area contributed by atoms with Gasteiger partial charge >= 0.3 is 5.97 Å². The highest BCUT2D eigenvalue weighted by molar-refractivity contribution is 5.77. The molecule has 2 aliphatic carbocycles. The second-order valence-electron chi connectivity index (χ2n) is 16.9. The molecule has 0 amide bonds. The first-order chi connectivity index (χ1) is 28.2. The van der Waals surface area contributed by atoms with Crippen LogP contribution in [0.2, 0.25) is 0 Å². The molecule has 3 saturated heterocycles. The Hall–Kier alpha value is -5.15. The van der Waals surface area contributed by atoms with Gasteiger partial charge in [0, 0.05) is 99.6 Å². The Morgan fingerprint density at radius 3 is 2.31 bits per heavy atom. The monoisotopic (exact) mass is 794 g/mol. The number of esters is 1. The van der Waals surface area contributed by atoms with E-state index in [1.165, 1.54) is 7.11 Å². The zero-order valence-electron chi connectivity index (χ0n) is 33.5. The van der Waals surface area contributed by atoms with Gasteiger partial charge in [-0.05, 0) is 61.0 Å². The summed E-state index contributed by atoms with van der Waals surface area (Å²) in [5.74, 6) is 1.34. The molecule has 3 atom stereocenters. The van der Waals surface area contributed by atoms with Gasteiger partial charge in [-0.3, -0.25) is 9.69 Å². The summed E-state index contributed by atoms with van der Waals surface area (Å²) in [6.45, 7) is 7.58. The Morgan fingerprint density at radius 2 is 1.59 bits per heavy atom. The molecular weight excluding hydrogens is 741 g/mol. The van der Waals surface area contributed by atoms with Gasteiger partial charge in [0.25, 0.3) is 5.88 Å². The van der Waals surface area contributed by atoms with Crippen LogP contribution < -0.4 is 25.0 Å². The lowest BCUT2D eigenvalue weighted by Crippen LogP contribution is -2.54. The number of pyridine rings is 1. The van der Waals surface area contributed by atoms with Crippen molar-refractivity contribution in [2.75, 3.05) is 48.8 Å². The Morgan fingerprint density at radius 1 is 0.862 bits per heavy atom. The number of ether oxygens (including phenoxy) is 4. The number of methoxy groups -OCH3 is 1. The maximum atomic E-state index is 12.2. The average molecular weight is 795 g/mol. The second-order valence-corrected chi connectivity index (χ2v) is 16.9. The number of rotatable bonds is 13. The zero-order chi connectivity index (χ0) is 39.9. The van der Waals surface area contributed by atoms with Crippen molar-refractivity contribution < 1.29 is 33.4 Å². The van der Waals surface area contributed by atoms with E-state index in [9.17, 15) is 9.90 Å². The number of hydrogen-bond donors (Lipinski definition) is 2. The zero-order valence-corrected chi connectivity index (χ0v) is 33.5. The Labute approximate surface area is 338 Å². The van der Waals surface area contributed by atoms with Crippen LogP contribution in [0.3, 0.4) is 0 Å². The van der Waals surface area contributed by atoms with Crippen molar-refractivity contribution in [3.63, 3.8) is 0 Å². The predicted molar refractivity (Wildman–Crippen MR) is 216 cm³/mol. The highest BCUT2D eigenvalue weighted by Crippen LogP contribution is 2.41. The lowest BCUT2D eigenvalue weighted by Gasteiger charge is -2.46. The van der Waals surface area contributed by atoms with E-state index in [2.05, 4.69) is 47.2 Å². The van der Waals surface area contributed by atoms with Crippen molar-refractivity contribution in [3.8, 4) is 28.8 Å². The van der Waals surface area contributed by atoms with Crippen LogP contribution in [0.25, 0.3) is 11.3 Å². The van der Waals surface area contributed by atoms with Gasteiger partial charge in [-0.2, -0.15) is 0 Å². The van der Waals surface area contributed by atoms with Gasteiger partial charge in [0.1, 0.15) is 23.9 Å². The molecule has 308 valence electrons. The van der Waals surface area contributed by atoms with Crippen LogP contribution in [0.15, 0.2) is 59.3 Å². The van der Waals surface area contributed by atoms with E-state index in [0.717, 1.165) is 88.9 Å². The first-order valence-corrected chi connectivity index (χ1v) is 20.9. The molecular formula is C43H54N8O7. The number of benzene rings is 1. The summed E-state index contributed by atoms with van der Waals surface area (Å²) in [5, 5.41) is 23.0. The summed E-state index contributed by atoms with van der Waals surface area (Å²) < 4.78 is 29.4. The molecule has 3 aliphatic heterocycles. The van der Waals surface area contributed by atoms with E-state index in [-0.39, 0.29) is 42.1 Å². The van der Waals surface area contributed by atoms with Crippen LogP contribution in [0.1, 0.15) is 76.9 Å². The van der Waals surface area contributed by atoms with Gasteiger partial charge in [0.05, 0.1) is 30.7 Å². The fourth-order valence-corrected chi connectivity index (χ4v) is 9.58. The van der Waals surface area contributed by atoms with Crippen molar-refractivity contribution in [2.24, 2.45) is 5.92 Å². The van der Waals surface area contributed by atoms with Gasteiger partial charge in [-0.15, -0.1) is 10.2 Å². The second kappa shape index (κ2) is 16.2. The van der Waals surface area contributed by atoms with Crippen molar-refractivity contribution >= 4 is 23.2 Å². The Bertz CT molecular complexity index is 2050. The summed E-state index contributed by atoms with van der Waals surface area (Å²) in [6.07, 6.45) is 10.4. The van der Waals surface area contributed by atoms with E-state index in [1.54, 1.807) is 18.2 Å². The smallest absolute Gasteiger partial charge is 0.316 e. The van der Waals surface area contributed by atoms with Crippen molar-refractivity contribution in [1.82, 2.24) is 25.2 Å². The molecule has 15 heteroatoms. The van der Waals surface area contributed by atoms with Gasteiger partial charge in [0.15, 0.2) is 11.6 Å². The maximum Gasteiger partial charge on any atom is 0.316 e. The van der Waals surface area contributed by atoms with Gasteiger partial charge in [0.2, 0.25) is 5.88 Å². The lowest BCUT2D eigenvalue weighted by atomic mass is 9.86. The number of fused-ring (bicyclic) bond motifs is 2. The van der Waals surface area contributed by atoms with E-state index >= 15 is 0 Å². The van der Waals surface area contributed by atoms with Crippen LogP contribution >= 0.6 is 0 Å². The fourth-order valence-electron chi connectivity index (χ4n) is 9.58. The van der Waals surface area contributed by atoms with Crippen LogP contribution in [0.5, 0.6) is 17.5 Å². The predicted octanol–water partition coefficient (Wildman–Crippen LogP) is 5.59. The van der Waals surface area contributed by atoms with Crippen molar-refractivity contribution in [2.45, 2.75) is 114 Å². The summed E-state index contributed by atoms with van der Waals surface area (Å²) in [7, 11) is 1.39. The van der Waals surface area contributed by atoms with Crippen LogP contribution in [0, 0.1) is 5.92 Å². The minimum absolute atomic E-state index is 0.0242. The minimum atomic E-state index is -0.498. The summed E-state index contributed by atoms with van der Waals surface area (Å²) >= 11 is 0. The number of piperidine rings is 1. The van der Waals surface area contributed by atoms with E-state index in [0.29, 0.717) is 52.7 Å². The summed E-state index contributed by atoms with van der Waals surface area (Å²) in [6, 6.07) is 16.1. The van der Waals surface area contributed by atoms with Gasteiger partial charge < -0.3 is 44.1 Å². The molecule has 0 radical (unpaired) electrons. The number of likely N-dealkylation sites (tertiary alicyclic amines) is 1. The van der Waals surface area contributed by atoms with Crippen molar-refractivity contribution in [1.29, 1.82) is 0 Å². The largest absolute Gasteiger partial charge is 0.507 e. The average Bonchev–Trinajstić information content (AvgIpc) is 3.76. The van der Waals surface area contributed by atoms with Gasteiger partial charge in [-0.1, -0.05) is 26.0 Å². The highest BCUT2D eigenvalue weighted by Gasteiger charge is 2.42. The number of nitrogens with two attached hydrogens (primary N) is 1. The molecule has 58 heavy (non-hydrogen) atoms. The number of piperazine rings is 1. The molecule has 5 fully saturated rings. The van der Waals surface area contributed by atoms with Crippen molar-refractivity contribution in [3.05, 3.63) is 60.5 Å². The molecule has 15 nitrogen and oxygen atoms in total. The standard InChI is InChI=1S/C43H54N8O7/c1-25(2)41(43(53)54-3)38-22-40(48-58-38)57-31-16-29(17-31)49-14-11-30(12-15-49)55-32-19-33(20-32)56-39-18-26(10-13-45-39)51-27-8-9-28(51)24-50(23-27)36-21-35(46-47-42(36)44)34-6-4-5-7-37(34)52/h4-7,10,13,18,21-22,25,27-33,41,52H,8-9,11-12,14-17,19-20,23-24H2,1-3H3,(H2,44,47). The number of aromatic hydroxyl groups is 1. The molecule has 2 bridgehead atoms.